The lowest BCUT2D eigenvalue weighted by Gasteiger charge is -2.18. The van der Waals surface area contributed by atoms with Gasteiger partial charge in [-0.2, -0.15) is 5.26 Å². The lowest BCUT2D eigenvalue weighted by atomic mass is 10.1. The van der Waals surface area contributed by atoms with Crippen LogP contribution in [0.15, 0.2) is 10.9 Å². The highest BCUT2D eigenvalue weighted by Gasteiger charge is 2.45. The monoisotopic (exact) mass is 369 g/mol. The van der Waals surface area contributed by atoms with Crippen LogP contribution in [0.5, 0.6) is 0 Å². The summed E-state index contributed by atoms with van der Waals surface area (Å²) in [6.45, 7) is -0.451. The molecule has 0 aromatic carbocycles. The number of aromatic nitrogens is 3. The molecule has 0 radical (unpaired) electrons. The molecule has 4 atom stereocenters. The Balaban J connectivity index is 2.23. The number of rotatable bonds is 2. The number of anilines is 1. The summed E-state index contributed by atoms with van der Waals surface area (Å²) in [5.74, 6) is 0.118. The average Bonchev–Trinajstić information content (AvgIpc) is 2.95. The van der Waals surface area contributed by atoms with Crippen LogP contribution in [0.3, 0.4) is 0 Å². The molecule has 22 heavy (non-hydrogen) atoms. The number of nitrogens with zero attached hydrogens (tertiary/aromatic N) is 4. The SMILES string of the molecule is N#Cc1c(Br)n([C@@H]2O[C@H](CO)[C@@H](O)[C@@H]2O)c2ncnc(N)c12. The van der Waals surface area contributed by atoms with E-state index in [1.54, 1.807) is 0 Å². The zero-order valence-corrected chi connectivity index (χ0v) is 12.7. The van der Waals surface area contributed by atoms with E-state index >= 15 is 0 Å². The van der Waals surface area contributed by atoms with E-state index < -0.39 is 31.1 Å². The molecule has 3 rings (SSSR count). The lowest BCUT2D eigenvalue weighted by molar-refractivity contribution is -0.0518. The number of fused-ring (bicyclic) bond motifs is 1. The van der Waals surface area contributed by atoms with E-state index in [-0.39, 0.29) is 17.0 Å². The number of hydrogen-bond donors (Lipinski definition) is 4. The topological polar surface area (TPSA) is 150 Å². The summed E-state index contributed by atoms with van der Waals surface area (Å²) in [6, 6.07) is 2.00. The maximum absolute atomic E-state index is 10.2. The van der Waals surface area contributed by atoms with Crippen LogP contribution in [0.4, 0.5) is 5.82 Å². The molecule has 3 heterocycles. The van der Waals surface area contributed by atoms with Crippen molar-refractivity contribution in [1.82, 2.24) is 14.5 Å². The number of ether oxygens (including phenoxy) is 1. The third kappa shape index (κ3) is 1.98. The molecule has 1 aliphatic heterocycles. The smallest absolute Gasteiger partial charge is 0.165 e. The number of halogens is 1. The summed E-state index contributed by atoms with van der Waals surface area (Å²) < 4.78 is 7.19. The van der Waals surface area contributed by atoms with Gasteiger partial charge in [-0.05, 0) is 15.9 Å². The predicted molar refractivity (Wildman–Crippen MR) is 77.4 cm³/mol. The second-order valence-corrected chi connectivity index (χ2v) is 5.59. The first-order chi connectivity index (χ1) is 10.5. The van der Waals surface area contributed by atoms with Crippen molar-refractivity contribution in [2.24, 2.45) is 0 Å². The normalized spacial score (nSPS) is 28.1. The molecule has 1 saturated heterocycles. The van der Waals surface area contributed by atoms with Gasteiger partial charge in [-0.1, -0.05) is 0 Å². The second-order valence-electron chi connectivity index (χ2n) is 4.83. The molecule has 0 spiro atoms. The van der Waals surface area contributed by atoms with Crippen molar-refractivity contribution in [3.05, 3.63) is 16.5 Å². The standard InChI is InChI=1S/C12H12BrN5O4/c13-9-4(1-14)6-10(15)16-3-17-11(6)18(9)12-8(21)7(20)5(2-19)22-12/h3,5,7-8,12,19-21H,2H2,(H2,15,16,17)/t5-,7-,8+,12-/m1/s1. The number of aliphatic hydroxyl groups is 3. The predicted octanol–water partition coefficient (Wildman–Crippen LogP) is -0.741. The van der Waals surface area contributed by atoms with Gasteiger partial charge in [-0.15, -0.1) is 0 Å². The van der Waals surface area contributed by atoms with E-state index in [1.165, 1.54) is 10.9 Å². The molecule has 116 valence electrons. The van der Waals surface area contributed by atoms with Gasteiger partial charge in [0.2, 0.25) is 0 Å². The molecule has 2 aromatic rings. The van der Waals surface area contributed by atoms with Gasteiger partial charge in [0.1, 0.15) is 46.8 Å². The fraction of sp³-hybridized carbons (Fsp3) is 0.417. The van der Waals surface area contributed by atoms with Crippen LogP contribution >= 0.6 is 15.9 Å². The van der Waals surface area contributed by atoms with Gasteiger partial charge in [0, 0.05) is 0 Å². The number of nitriles is 1. The minimum atomic E-state index is -1.30. The molecule has 0 bridgehead atoms. The summed E-state index contributed by atoms with van der Waals surface area (Å²) in [6.07, 6.45) is -3.30. The van der Waals surface area contributed by atoms with Crippen molar-refractivity contribution in [3.8, 4) is 6.07 Å². The molecule has 9 nitrogen and oxygen atoms in total. The molecule has 1 aliphatic rings. The van der Waals surface area contributed by atoms with Crippen molar-refractivity contribution in [2.75, 3.05) is 12.3 Å². The molecule has 0 aliphatic carbocycles. The summed E-state index contributed by atoms with van der Waals surface area (Å²) in [4.78, 5) is 7.93. The summed E-state index contributed by atoms with van der Waals surface area (Å²) >= 11 is 3.27. The minimum Gasteiger partial charge on any atom is -0.394 e. The van der Waals surface area contributed by atoms with Gasteiger partial charge in [-0.25, -0.2) is 9.97 Å². The third-order valence-corrected chi connectivity index (χ3v) is 4.41. The van der Waals surface area contributed by atoms with E-state index in [2.05, 4.69) is 25.9 Å². The quantitative estimate of drug-likeness (QED) is 0.540. The molecule has 1 fully saturated rings. The molecule has 10 heteroatoms. The Morgan fingerprint density at radius 3 is 2.73 bits per heavy atom. The van der Waals surface area contributed by atoms with Crippen molar-refractivity contribution < 1.29 is 20.1 Å². The fourth-order valence-corrected chi connectivity index (χ4v) is 3.21. The summed E-state index contributed by atoms with van der Waals surface area (Å²) in [7, 11) is 0. The fourth-order valence-electron chi connectivity index (χ4n) is 2.56. The average molecular weight is 370 g/mol. The Hall–Kier alpha value is -1.77. The highest BCUT2D eigenvalue weighted by atomic mass is 79.9. The van der Waals surface area contributed by atoms with Crippen molar-refractivity contribution in [2.45, 2.75) is 24.5 Å². The molecule has 5 N–H and O–H groups in total. The van der Waals surface area contributed by atoms with Crippen LogP contribution in [0, 0.1) is 11.3 Å². The first-order valence-corrected chi connectivity index (χ1v) is 7.13. The van der Waals surface area contributed by atoms with Gasteiger partial charge in [0.15, 0.2) is 6.23 Å². The number of aliphatic hydroxyl groups excluding tert-OH is 3. The lowest BCUT2D eigenvalue weighted by Crippen LogP contribution is -2.33. The first kappa shape index (κ1) is 15.1. The minimum absolute atomic E-state index is 0.118. The van der Waals surface area contributed by atoms with E-state index in [1.807, 2.05) is 6.07 Å². The van der Waals surface area contributed by atoms with Gasteiger partial charge in [0.05, 0.1) is 17.6 Å². The van der Waals surface area contributed by atoms with Crippen LogP contribution in [-0.4, -0.2) is 54.8 Å². The Kier molecular flexibility index (Phi) is 3.75. The van der Waals surface area contributed by atoms with Crippen LogP contribution in [-0.2, 0) is 4.74 Å². The van der Waals surface area contributed by atoms with Crippen LogP contribution < -0.4 is 5.73 Å². The maximum atomic E-state index is 10.2. The zero-order valence-electron chi connectivity index (χ0n) is 11.1. The molecule has 2 aromatic heterocycles. The summed E-state index contributed by atoms with van der Waals surface area (Å²) in [5.41, 5.74) is 6.28. The molecule has 0 unspecified atom stereocenters. The second kappa shape index (κ2) is 5.45. The van der Waals surface area contributed by atoms with Gasteiger partial charge >= 0.3 is 0 Å². The Labute approximate surface area is 132 Å². The van der Waals surface area contributed by atoms with Gasteiger partial charge < -0.3 is 25.8 Å². The Morgan fingerprint density at radius 1 is 1.41 bits per heavy atom. The molecular weight excluding hydrogens is 358 g/mol. The zero-order chi connectivity index (χ0) is 16.0. The highest BCUT2D eigenvalue weighted by molar-refractivity contribution is 9.10. The number of hydrogen-bond acceptors (Lipinski definition) is 8. The molecular formula is C12H12BrN5O4. The van der Waals surface area contributed by atoms with E-state index in [0.717, 1.165) is 0 Å². The molecule has 0 saturated carbocycles. The maximum Gasteiger partial charge on any atom is 0.165 e. The van der Waals surface area contributed by atoms with Crippen LogP contribution in [0.1, 0.15) is 11.8 Å². The van der Waals surface area contributed by atoms with Gasteiger partial charge in [0.25, 0.3) is 0 Å². The van der Waals surface area contributed by atoms with Gasteiger partial charge in [-0.3, -0.25) is 4.57 Å². The van der Waals surface area contributed by atoms with Crippen LogP contribution in [0.25, 0.3) is 11.0 Å². The Morgan fingerprint density at radius 2 is 2.14 bits per heavy atom. The van der Waals surface area contributed by atoms with Crippen molar-refractivity contribution >= 4 is 32.8 Å². The Bertz CT molecular complexity index is 773. The number of nitrogens with two attached hydrogens (primary N) is 1. The number of nitrogen functional groups attached to an aromatic ring is 1. The van der Waals surface area contributed by atoms with E-state index in [0.29, 0.717) is 9.99 Å². The largest absolute Gasteiger partial charge is 0.394 e. The van der Waals surface area contributed by atoms with Crippen molar-refractivity contribution in [1.29, 1.82) is 5.26 Å². The molecule has 0 amide bonds. The third-order valence-electron chi connectivity index (χ3n) is 3.64. The van der Waals surface area contributed by atoms with Crippen molar-refractivity contribution in [3.63, 3.8) is 0 Å². The highest BCUT2D eigenvalue weighted by Crippen LogP contribution is 2.39. The van der Waals surface area contributed by atoms with E-state index in [4.69, 9.17) is 10.5 Å². The first-order valence-electron chi connectivity index (χ1n) is 6.33. The summed E-state index contributed by atoms with van der Waals surface area (Å²) in [5, 5.41) is 38.9. The van der Waals surface area contributed by atoms with Crippen LogP contribution in [0.2, 0.25) is 0 Å². The van der Waals surface area contributed by atoms with E-state index in [9.17, 15) is 20.6 Å².